The van der Waals surface area contributed by atoms with E-state index in [9.17, 15) is 4.79 Å². The molecule has 0 aliphatic heterocycles. The largest absolute Gasteiger partial charge is 0.497 e. The van der Waals surface area contributed by atoms with Crippen LogP contribution in [0.3, 0.4) is 0 Å². The maximum Gasteiger partial charge on any atom is 0.328 e. The second kappa shape index (κ2) is 10.9. The highest BCUT2D eigenvalue weighted by molar-refractivity contribution is 5.81. The van der Waals surface area contributed by atoms with Gasteiger partial charge < -0.3 is 14.6 Å². The Morgan fingerprint density at radius 1 is 1.10 bits per heavy atom. The lowest BCUT2D eigenvalue weighted by molar-refractivity contribution is -0.131. The Balaban J connectivity index is 2.18. The Kier molecular flexibility index (Phi) is 8.49. The smallest absolute Gasteiger partial charge is 0.328 e. The highest BCUT2D eigenvalue weighted by Crippen LogP contribution is 2.42. The van der Waals surface area contributed by atoms with Gasteiger partial charge in [0.05, 0.1) is 7.11 Å². The van der Waals surface area contributed by atoms with Gasteiger partial charge in [0.1, 0.15) is 17.6 Å². The van der Waals surface area contributed by atoms with Crippen LogP contribution in [-0.2, 0) is 4.79 Å². The van der Waals surface area contributed by atoms with Crippen LogP contribution >= 0.6 is 0 Å². The molecule has 166 valence electrons. The van der Waals surface area contributed by atoms with Gasteiger partial charge >= 0.3 is 5.97 Å². The number of allylic oxidation sites excluding steroid dienone is 8. The Morgan fingerprint density at radius 2 is 1.74 bits per heavy atom. The molecule has 1 aromatic rings. The number of methoxy groups -OCH3 is 1. The third kappa shape index (κ3) is 7.32. The maximum absolute atomic E-state index is 10.7. The van der Waals surface area contributed by atoms with Crippen molar-refractivity contribution in [3.05, 3.63) is 83.0 Å². The first-order chi connectivity index (χ1) is 14.6. The van der Waals surface area contributed by atoms with Crippen molar-refractivity contribution in [2.24, 2.45) is 5.41 Å². The molecule has 4 heteroatoms. The lowest BCUT2D eigenvalue weighted by Gasteiger charge is -2.37. The average molecular weight is 423 g/mol. The van der Waals surface area contributed by atoms with Gasteiger partial charge in [-0.05, 0) is 80.0 Å². The standard InChI is InChI=1S/C27H34O4/c1-19(8-7-9-20(2)18-26(28)29)10-15-24-21(3)25(16-17-27(24,4)5)31-23-13-11-22(30-6)12-14-23/h7-15,18,25H,16-17H2,1-6H3,(H,28,29)/b9-7+,15-10+,19-8+,20-18+. The molecule has 4 nitrogen and oxygen atoms in total. The second-order valence-electron chi connectivity index (χ2n) is 8.63. The molecule has 0 bridgehead atoms. The Labute approximate surface area is 186 Å². The summed E-state index contributed by atoms with van der Waals surface area (Å²) in [6.45, 7) is 10.5. The molecule has 1 aliphatic rings. The summed E-state index contributed by atoms with van der Waals surface area (Å²) in [7, 11) is 1.66. The fraction of sp³-hybridized carbons (Fsp3) is 0.370. The molecule has 1 atom stereocenters. The summed E-state index contributed by atoms with van der Waals surface area (Å²) in [5.41, 5.74) is 4.43. The molecule has 0 saturated heterocycles. The third-order valence-electron chi connectivity index (χ3n) is 5.59. The number of aliphatic carboxylic acids is 1. The molecule has 1 N–H and O–H groups in total. The van der Waals surface area contributed by atoms with Crippen LogP contribution in [0.25, 0.3) is 0 Å². The summed E-state index contributed by atoms with van der Waals surface area (Å²) < 4.78 is 11.5. The van der Waals surface area contributed by atoms with Crippen molar-refractivity contribution in [1.82, 2.24) is 0 Å². The van der Waals surface area contributed by atoms with Gasteiger partial charge in [0.2, 0.25) is 0 Å². The first-order valence-corrected chi connectivity index (χ1v) is 10.6. The first kappa shape index (κ1) is 24.3. The molecule has 0 heterocycles. The molecule has 0 radical (unpaired) electrons. The number of hydrogen-bond acceptors (Lipinski definition) is 3. The Hall–Kier alpha value is -3.01. The van der Waals surface area contributed by atoms with Crippen molar-refractivity contribution in [3.63, 3.8) is 0 Å². The van der Waals surface area contributed by atoms with Gasteiger partial charge in [-0.15, -0.1) is 0 Å². The zero-order chi connectivity index (χ0) is 23.0. The van der Waals surface area contributed by atoms with E-state index in [1.54, 1.807) is 20.1 Å². The number of carboxylic acids is 1. The Morgan fingerprint density at radius 3 is 2.35 bits per heavy atom. The lowest BCUT2D eigenvalue weighted by Crippen LogP contribution is -2.30. The predicted octanol–water partition coefficient (Wildman–Crippen LogP) is 6.67. The number of carboxylic acid groups (broad SMARTS) is 1. The van der Waals surface area contributed by atoms with E-state index in [1.807, 2.05) is 43.3 Å². The fourth-order valence-electron chi connectivity index (χ4n) is 3.74. The molecular weight excluding hydrogens is 388 g/mol. The summed E-state index contributed by atoms with van der Waals surface area (Å²) in [5, 5.41) is 8.78. The lowest BCUT2D eigenvalue weighted by atomic mass is 9.71. The van der Waals surface area contributed by atoms with Crippen molar-refractivity contribution in [2.75, 3.05) is 7.11 Å². The molecule has 0 amide bonds. The zero-order valence-electron chi connectivity index (χ0n) is 19.4. The van der Waals surface area contributed by atoms with E-state index in [4.69, 9.17) is 14.6 Å². The number of hydrogen-bond donors (Lipinski definition) is 1. The molecule has 0 saturated carbocycles. The van der Waals surface area contributed by atoms with Crippen molar-refractivity contribution < 1.29 is 19.4 Å². The second-order valence-corrected chi connectivity index (χ2v) is 8.63. The van der Waals surface area contributed by atoms with E-state index in [0.29, 0.717) is 5.57 Å². The van der Waals surface area contributed by atoms with Crippen LogP contribution < -0.4 is 9.47 Å². The van der Waals surface area contributed by atoms with Crippen LogP contribution in [-0.4, -0.2) is 24.3 Å². The van der Waals surface area contributed by atoms with E-state index in [0.717, 1.165) is 29.9 Å². The SMILES string of the molecule is COc1ccc(OC2CCC(C)(C)C(/C=C/C(C)=C/C=C/C(C)=C/C(=O)O)=C2C)cc1. The normalized spacial score (nSPS) is 19.9. The molecule has 2 rings (SSSR count). The average Bonchev–Trinajstić information content (AvgIpc) is 2.70. The van der Waals surface area contributed by atoms with Crippen molar-refractivity contribution >= 4 is 5.97 Å². The van der Waals surface area contributed by atoms with Gasteiger partial charge in [-0.2, -0.15) is 0 Å². The molecule has 1 aliphatic carbocycles. The van der Waals surface area contributed by atoms with Crippen LogP contribution in [0.5, 0.6) is 11.5 Å². The highest BCUT2D eigenvalue weighted by Gasteiger charge is 2.32. The summed E-state index contributed by atoms with van der Waals surface area (Å²) in [6.07, 6.45) is 13.2. The molecule has 0 spiro atoms. The molecular formula is C27H34O4. The van der Waals surface area contributed by atoms with Crippen molar-refractivity contribution in [1.29, 1.82) is 0 Å². The summed E-state index contributed by atoms with van der Waals surface area (Å²) >= 11 is 0. The van der Waals surface area contributed by atoms with Crippen LogP contribution in [0.1, 0.15) is 47.5 Å². The maximum atomic E-state index is 10.7. The molecule has 1 unspecified atom stereocenters. The van der Waals surface area contributed by atoms with Crippen LogP contribution in [0.2, 0.25) is 0 Å². The zero-order valence-corrected chi connectivity index (χ0v) is 19.4. The number of carbonyl (C=O) groups is 1. The van der Waals surface area contributed by atoms with Crippen molar-refractivity contribution in [2.45, 2.75) is 53.6 Å². The van der Waals surface area contributed by atoms with Gasteiger partial charge in [0.25, 0.3) is 0 Å². The van der Waals surface area contributed by atoms with Gasteiger partial charge in [-0.1, -0.05) is 49.8 Å². The quantitative estimate of drug-likeness (QED) is 0.375. The number of benzene rings is 1. The van der Waals surface area contributed by atoms with E-state index in [2.05, 4.69) is 32.9 Å². The Bertz CT molecular complexity index is 924. The first-order valence-electron chi connectivity index (χ1n) is 10.6. The van der Waals surface area contributed by atoms with Crippen molar-refractivity contribution in [3.8, 4) is 11.5 Å². The summed E-state index contributed by atoms with van der Waals surface area (Å²) in [4.78, 5) is 10.7. The van der Waals surface area contributed by atoms with Crippen LogP contribution in [0.4, 0.5) is 0 Å². The molecule has 0 fully saturated rings. The third-order valence-corrected chi connectivity index (χ3v) is 5.59. The van der Waals surface area contributed by atoms with Crippen LogP contribution in [0, 0.1) is 5.41 Å². The minimum atomic E-state index is -0.934. The topological polar surface area (TPSA) is 55.8 Å². The van der Waals surface area contributed by atoms with Crippen LogP contribution in [0.15, 0.2) is 83.0 Å². The molecule has 31 heavy (non-hydrogen) atoms. The predicted molar refractivity (Wildman–Crippen MR) is 127 cm³/mol. The van der Waals surface area contributed by atoms with Gasteiger partial charge in [0, 0.05) is 6.08 Å². The minimum absolute atomic E-state index is 0.0501. The van der Waals surface area contributed by atoms with Gasteiger partial charge in [0.15, 0.2) is 0 Å². The van der Waals surface area contributed by atoms with E-state index in [-0.39, 0.29) is 11.5 Å². The summed E-state index contributed by atoms with van der Waals surface area (Å²) in [5.74, 6) is 0.730. The number of rotatable bonds is 8. The molecule has 0 aromatic heterocycles. The van der Waals surface area contributed by atoms with E-state index < -0.39 is 5.97 Å². The minimum Gasteiger partial charge on any atom is -0.497 e. The summed E-state index contributed by atoms with van der Waals surface area (Å²) in [6, 6.07) is 7.72. The van der Waals surface area contributed by atoms with Gasteiger partial charge in [-0.25, -0.2) is 4.79 Å². The fourth-order valence-corrected chi connectivity index (χ4v) is 3.74. The van der Waals surface area contributed by atoms with E-state index >= 15 is 0 Å². The van der Waals surface area contributed by atoms with E-state index in [1.165, 1.54) is 17.2 Å². The highest BCUT2D eigenvalue weighted by atomic mass is 16.5. The van der Waals surface area contributed by atoms with Gasteiger partial charge in [-0.3, -0.25) is 0 Å². The number of ether oxygens (including phenoxy) is 2. The monoisotopic (exact) mass is 422 g/mol. The molecule has 1 aromatic carbocycles.